The molecule has 3 aromatic heterocycles. The molecule has 3 heterocycles. The van der Waals surface area contributed by atoms with Crippen LogP contribution in [0.25, 0.3) is 22.4 Å². The molecule has 0 bridgehead atoms. The lowest BCUT2D eigenvalue weighted by Gasteiger charge is -2.34. The summed E-state index contributed by atoms with van der Waals surface area (Å²) in [7, 11) is 0. The van der Waals surface area contributed by atoms with Crippen LogP contribution in [0.2, 0.25) is 5.02 Å². The highest BCUT2D eigenvalue weighted by atomic mass is 35.5. The van der Waals surface area contributed by atoms with Crippen molar-refractivity contribution < 1.29 is 9.18 Å². The first-order valence-corrected chi connectivity index (χ1v) is 11.7. The minimum Gasteiger partial charge on any atom is -0.363 e. The van der Waals surface area contributed by atoms with E-state index in [9.17, 15) is 9.18 Å². The first kappa shape index (κ1) is 21.1. The van der Waals surface area contributed by atoms with Crippen molar-refractivity contribution in [3.8, 4) is 11.4 Å². The molecule has 2 aliphatic rings. The molecule has 0 radical (unpaired) electrons. The standard InChI is InChI=1S/C23H26ClFN6O/c24-14-9-15-16(11-27-20(15)26-10-14)21-28-12-17(25)22(31-21)29-18-7-3-4-8-19(18)30-23(32)13-5-1-2-6-13/h9-13,18-19H,1-8H2,(H,26,27)(H,30,32)(H,28,29,31)/t18-,19?/m1/s1. The van der Waals surface area contributed by atoms with Gasteiger partial charge in [0.15, 0.2) is 17.5 Å². The minimum atomic E-state index is -0.517. The molecule has 9 heteroatoms. The fourth-order valence-electron chi connectivity index (χ4n) is 4.90. The van der Waals surface area contributed by atoms with E-state index in [4.69, 9.17) is 11.6 Å². The Morgan fingerprint density at radius 2 is 1.81 bits per heavy atom. The molecular weight excluding hydrogens is 431 g/mol. The topological polar surface area (TPSA) is 95.6 Å². The van der Waals surface area contributed by atoms with E-state index < -0.39 is 5.82 Å². The van der Waals surface area contributed by atoms with E-state index in [1.807, 2.05) is 0 Å². The Labute approximate surface area is 190 Å². The number of anilines is 1. The van der Waals surface area contributed by atoms with Crippen LogP contribution < -0.4 is 10.6 Å². The lowest BCUT2D eigenvalue weighted by Crippen LogP contribution is -2.50. The maximum Gasteiger partial charge on any atom is 0.223 e. The lowest BCUT2D eigenvalue weighted by molar-refractivity contribution is -0.125. The summed E-state index contributed by atoms with van der Waals surface area (Å²) in [4.78, 5) is 28.7. The summed E-state index contributed by atoms with van der Waals surface area (Å²) >= 11 is 6.10. The molecule has 168 valence electrons. The van der Waals surface area contributed by atoms with Crippen molar-refractivity contribution >= 4 is 34.4 Å². The molecule has 2 fully saturated rings. The van der Waals surface area contributed by atoms with Crippen molar-refractivity contribution in [2.24, 2.45) is 5.92 Å². The first-order chi connectivity index (χ1) is 15.6. The molecule has 1 amide bonds. The molecule has 2 atom stereocenters. The summed E-state index contributed by atoms with van der Waals surface area (Å²) < 4.78 is 14.7. The zero-order valence-electron chi connectivity index (χ0n) is 17.7. The molecule has 1 unspecified atom stereocenters. The molecule has 0 spiro atoms. The third kappa shape index (κ3) is 4.28. The van der Waals surface area contributed by atoms with Crippen LogP contribution >= 0.6 is 11.6 Å². The smallest absolute Gasteiger partial charge is 0.223 e. The number of amides is 1. The van der Waals surface area contributed by atoms with Crippen LogP contribution in [0, 0.1) is 11.7 Å². The van der Waals surface area contributed by atoms with Gasteiger partial charge in [-0.25, -0.2) is 19.3 Å². The van der Waals surface area contributed by atoms with E-state index in [0.717, 1.165) is 56.8 Å². The number of carbonyl (C=O) groups excluding carboxylic acids is 1. The number of hydrogen-bond acceptors (Lipinski definition) is 5. The average Bonchev–Trinajstić information content (AvgIpc) is 3.47. The van der Waals surface area contributed by atoms with Crippen molar-refractivity contribution in [1.29, 1.82) is 0 Å². The molecule has 0 aromatic carbocycles. The largest absolute Gasteiger partial charge is 0.363 e. The van der Waals surface area contributed by atoms with Crippen LogP contribution in [0.5, 0.6) is 0 Å². The van der Waals surface area contributed by atoms with Gasteiger partial charge in [0.1, 0.15) is 5.65 Å². The number of rotatable bonds is 5. The van der Waals surface area contributed by atoms with Gasteiger partial charge >= 0.3 is 0 Å². The van der Waals surface area contributed by atoms with Crippen LogP contribution in [0.4, 0.5) is 10.2 Å². The Balaban J connectivity index is 1.38. The minimum absolute atomic E-state index is 0.0363. The Kier molecular flexibility index (Phi) is 5.95. The van der Waals surface area contributed by atoms with Crippen molar-refractivity contribution in [3.63, 3.8) is 0 Å². The van der Waals surface area contributed by atoms with Crippen molar-refractivity contribution in [1.82, 2.24) is 25.3 Å². The molecule has 7 nitrogen and oxygen atoms in total. The van der Waals surface area contributed by atoms with Gasteiger partial charge in [0, 0.05) is 41.3 Å². The van der Waals surface area contributed by atoms with E-state index in [2.05, 4.69) is 30.6 Å². The van der Waals surface area contributed by atoms with Gasteiger partial charge in [-0.1, -0.05) is 37.3 Å². The van der Waals surface area contributed by atoms with Gasteiger partial charge in [0.2, 0.25) is 5.91 Å². The summed E-state index contributed by atoms with van der Waals surface area (Å²) in [5.41, 5.74) is 1.36. The highest BCUT2D eigenvalue weighted by Gasteiger charge is 2.31. The van der Waals surface area contributed by atoms with E-state index in [1.54, 1.807) is 18.5 Å². The zero-order valence-corrected chi connectivity index (χ0v) is 18.5. The lowest BCUT2D eigenvalue weighted by atomic mass is 9.89. The van der Waals surface area contributed by atoms with Crippen molar-refractivity contribution in [3.05, 3.63) is 35.5 Å². The van der Waals surface area contributed by atoms with Gasteiger partial charge in [0.05, 0.1) is 11.2 Å². The summed E-state index contributed by atoms with van der Waals surface area (Å²) in [5.74, 6) is 0.254. The third-order valence-corrected chi connectivity index (χ3v) is 6.83. The number of pyridine rings is 1. The van der Waals surface area contributed by atoms with Gasteiger partial charge in [0.25, 0.3) is 0 Å². The molecule has 5 rings (SSSR count). The summed E-state index contributed by atoms with van der Waals surface area (Å²) in [5, 5.41) is 7.77. The number of nitrogens with one attached hydrogen (secondary N) is 3. The highest BCUT2D eigenvalue weighted by molar-refractivity contribution is 6.31. The number of aromatic amines is 1. The molecule has 0 aliphatic heterocycles. The monoisotopic (exact) mass is 456 g/mol. The predicted octanol–water partition coefficient (Wildman–Crippen LogP) is 4.84. The Hall–Kier alpha value is -2.74. The van der Waals surface area contributed by atoms with E-state index in [-0.39, 0.29) is 29.7 Å². The van der Waals surface area contributed by atoms with Crippen LogP contribution in [0.15, 0.2) is 24.7 Å². The number of aromatic nitrogens is 4. The Morgan fingerprint density at radius 1 is 1.06 bits per heavy atom. The fourth-order valence-corrected chi connectivity index (χ4v) is 5.06. The van der Waals surface area contributed by atoms with Crippen molar-refractivity contribution in [2.75, 3.05) is 5.32 Å². The zero-order chi connectivity index (χ0) is 22.1. The number of fused-ring (bicyclic) bond motifs is 1. The molecule has 3 aromatic rings. The maximum absolute atomic E-state index is 14.7. The molecule has 3 N–H and O–H groups in total. The van der Waals surface area contributed by atoms with Crippen LogP contribution in [0.3, 0.4) is 0 Å². The van der Waals surface area contributed by atoms with E-state index >= 15 is 0 Å². The van der Waals surface area contributed by atoms with Gasteiger partial charge in [-0.05, 0) is 31.7 Å². The second-order valence-electron chi connectivity index (χ2n) is 8.77. The number of nitrogens with zero attached hydrogens (tertiary/aromatic N) is 3. The molecule has 2 saturated carbocycles. The predicted molar refractivity (Wildman–Crippen MR) is 122 cm³/mol. The van der Waals surface area contributed by atoms with Crippen LogP contribution in [-0.4, -0.2) is 37.9 Å². The second kappa shape index (κ2) is 9.02. The first-order valence-electron chi connectivity index (χ1n) is 11.3. The third-order valence-electron chi connectivity index (χ3n) is 6.62. The highest BCUT2D eigenvalue weighted by Crippen LogP contribution is 2.30. The van der Waals surface area contributed by atoms with Gasteiger partial charge in [-0.15, -0.1) is 0 Å². The number of H-pyrrole nitrogens is 1. The van der Waals surface area contributed by atoms with E-state index in [1.165, 1.54) is 6.20 Å². The van der Waals surface area contributed by atoms with E-state index in [0.29, 0.717) is 22.1 Å². The normalized spacial score (nSPS) is 21.7. The van der Waals surface area contributed by atoms with Crippen LogP contribution in [-0.2, 0) is 4.79 Å². The quantitative estimate of drug-likeness (QED) is 0.510. The molecule has 32 heavy (non-hydrogen) atoms. The SMILES string of the molecule is O=C(NC1CCCC[C@H]1Nc1nc(-c2c[nH]c3ncc(Cl)cc23)ncc1F)C1CCCC1. The Morgan fingerprint density at radius 3 is 2.62 bits per heavy atom. The maximum atomic E-state index is 14.7. The number of carbonyl (C=O) groups is 1. The number of hydrogen-bond donors (Lipinski definition) is 3. The summed E-state index contributed by atoms with van der Waals surface area (Å²) in [6, 6.07) is 1.67. The van der Waals surface area contributed by atoms with Gasteiger partial charge in [-0.2, -0.15) is 0 Å². The molecule has 0 saturated heterocycles. The van der Waals surface area contributed by atoms with Gasteiger partial charge < -0.3 is 15.6 Å². The van der Waals surface area contributed by atoms with Crippen LogP contribution in [0.1, 0.15) is 51.4 Å². The average molecular weight is 457 g/mol. The summed E-state index contributed by atoms with van der Waals surface area (Å²) in [6.45, 7) is 0. The fraction of sp³-hybridized carbons (Fsp3) is 0.478. The van der Waals surface area contributed by atoms with Crippen molar-refractivity contribution in [2.45, 2.75) is 63.5 Å². The second-order valence-corrected chi connectivity index (χ2v) is 9.21. The Bertz CT molecular complexity index is 1130. The van der Waals surface area contributed by atoms with Gasteiger partial charge in [-0.3, -0.25) is 4.79 Å². The molecule has 2 aliphatic carbocycles. The molecular formula is C23H26ClFN6O. The number of halogens is 2. The summed E-state index contributed by atoms with van der Waals surface area (Å²) in [6.07, 6.45) is 12.5.